The fraction of sp³-hybridized carbons (Fsp3) is 0.207. The summed E-state index contributed by atoms with van der Waals surface area (Å²) in [7, 11) is 0. The zero-order valence-corrected chi connectivity index (χ0v) is 21.2. The van der Waals surface area contributed by atoms with E-state index in [2.05, 4.69) is 10.4 Å². The Labute approximate surface area is 219 Å². The molecule has 1 aliphatic rings. The van der Waals surface area contributed by atoms with Gasteiger partial charge in [-0.2, -0.15) is 5.10 Å². The highest BCUT2D eigenvalue weighted by molar-refractivity contribution is 6.31. The highest BCUT2D eigenvalue weighted by Crippen LogP contribution is 2.48. The molecular weight excluding hydrogens is 490 g/mol. The maximum absolute atomic E-state index is 12.7. The lowest BCUT2D eigenvalue weighted by Gasteiger charge is -2.16. The molecule has 2 N–H and O–H groups in total. The van der Waals surface area contributed by atoms with Gasteiger partial charge in [-0.25, -0.2) is 9.48 Å². The van der Waals surface area contributed by atoms with E-state index >= 15 is 0 Å². The molecule has 1 fully saturated rings. The maximum Gasteiger partial charge on any atom is 0.413 e. The predicted molar refractivity (Wildman–Crippen MR) is 142 cm³/mol. The summed E-state index contributed by atoms with van der Waals surface area (Å²) >= 11 is 6.23. The average Bonchev–Trinajstić information content (AvgIpc) is 3.64. The molecule has 3 aromatic carbocycles. The van der Waals surface area contributed by atoms with E-state index in [1.165, 1.54) is 0 Å². The number of amides is 1. The molecule has 0 spiro atoms. The number of carbonyl (C=O) groups is 2. The highest BCUT2D eigenvalue weighted by Gasteiger charge is 2.51. The van der Waals surface area contributed by atoms with Crippen molar-refractivity contribution in [3.63, 3.8) is 0 Å². The van der Waals surface area contributed by atoms with E-state index in [1.54, 1.807) is 23.9 Å². The lowest BCUT2D eigenvalue weighted by molar-refractivity contribution is -0.140. The number of nitrogens with zero attached hydrogens (tertiary/aromatic N) is 2. The molecule has 4 aromatic rings. The minimum Gasteiger partial charge on any atom is -0.481 e. The van der Waals surface area contributed by atoms with Crippen molar-refractivity contribution >= 4 is 29.5 Å². The number of ether oxygens (including phenoxy) is 1. The third-order valence-corrected chi connectivity index (χ3v) is 7.19. The van der Waals surface area contributed by atoms with Gasteiger partial charge < -0.3 is 9.84 Å². The SMILES string of the molecule is Cc1cnn(-c2ccc(-c3ccc(C4(C(=O)O)CC4)cc3)cc2)c1NC(=O)OC(C)c1ccccc1Cl. The van der Waals surface area contributed by atoms with Gasteiger partial charge in [0.2, 0.25) is 0 Å². The molecule has 0 saturated heterocycles. The van der Waals surface area contributed by atoms with Gasteiger partial charge in [0.1, 0.15) is 11.9 Å². The molecule has 1 heterocycles. The van der Waals surface area contributed by atoms with Crippen LogP contribution in [0.2, 0.25) is 5.02 Å². The minimum absolute atomic E-state index is 0.511. The second kappa shape index (κ2) is 9.75. The van der Waals surface area contributed by atoms with Crippen molar-refractivity contribution in [2.45, 2.75) is 38.2 Å². The summed E-state index contributed by atoms with van der Waals surface area (Å²) in [4.78, 5) is 24.3. The first kappa shape index (κ1) is 24.6. The summed E-state index contributed by atoms with van der Waals surface area (Å²) in [6.07, 6.45) is 1.91. The summed E-state index contributed by atoms with van der Waals surface area (Å²) in [5, 5.41) is 17.3. The average molecular weight is 516 g/mol. The molecule has 1 unspecified atom stereocenters. The molecule has 1 aromatic heterocycles. The van der Waals surface area contributed by atoms with Crippen molar-refractivity contribution in [2.75, 3.05) is 5.32 Å². The number of nitrogens with one attached hydrogen (secondary N) is 1. The molecule has 37 heavy (non-hydrogen) atoms. The van der Waals surface area contributed by atoms with E-state index < -0.39 is 23.6 Å². The van der Waals surface area contributed by atoms with Crippen molar-refractivity contribution in [3.05, 3.63) is 101 Å². The second-order valence-corrected chi connectivity index (χ2v) is 9.70. The van der Waals surface area contributed by atoms with Crippen molar-refractivity contribution < 1.29 is 19.4 Å². The Morgan fingerprint density at radius 3 is 2.24 bits per heavy atom. The molecule has 1 saturated carbocycles. The van der Waals surface area contributed by atoms with Crippen LogP contribution in [0.3, 0.4) is 0 Å². The third kappa shape index (κ3) is 4.82. The first-order valence-corrected chi connectivity index (χ1v) is 12.4. The monoisotopic (exact) mass is 515 g/mol. The quantitative estimate of drug-likeness (QED) is 0.278. The first-order chi connectivity index (χ1) is 17.8. The number of carboxylic acid groups (broad SMARTS) is 1. The number of aryl methyl sites for hydroxylation is 1. The Morgan fingerprint density at radius 1 is 1.03 bits per heavy atom. The van der Waals surface area contributed by atoms with Crippen LogP contribution >= 0.6 is 11.6 Å². The molecular formula is C29H26ClN3O4. The number of anilines is 1. The number of rotatable bonds is 7. The molecule has 1 aliphatic carbocycles. The molecule has 0 aliphatic heterocycles. The van der Waals surface area contributed by atoms with Gasteiger partial charge in [0, 0.05) is 16.1 Å². The zero-order chi connectivity index (χ0) is 26.2. The summed E-state index contributed by atoms with van der Waals surface area (Å²) in [6, 6.07) is 22.7. The van der Waals surface area contributed by atoms with Gasteiger partial charge in [-0.15, -0.1) is 0 Å². The van der Waals surface area contributed by atoms with E-state index in [-0.39, 0.29) is 0 Å². The molecule has 188 valence electrons. The van der Waals surface area contributed by atoms with Gasteiger partial charge in [0.25, 0.3) is 0 Å². The Morgan fingerprint density at radius 2 is 1.65 bits per heavy atom. The Balaban J connectivity index is 1.30. The molecule has 8 heteroatoms. The molecule has 1 amide bonds. The normalized spacial score (nSPS) is 14.6. The number of benzene rings is 3. The van der Waals surface area contributed by atoms with E-state index in [9.17, 15) is 14.7 Å². The Bertz CT molecular complexity index is 1460. The van der Waals surface area contributed by atoms with Crippen molar-refractivity contribution in [1.82, 2.24) is 9.78 Å². The largest absolute Gasteiger partial charge is 0.481 e. The standard InChI is InChI=1S/C29H26ClN3O4/c1-18-17-31-33(26(18)32-28(36)37-19(2)24-5-3-4-6-25(24)30)23-13-9-21(10-14-23)20-7-11-22(12-8-20)29(15-16-29)27(34)35/h3-14,17,19H,15-16H2,1-2H3,(H,32,36)(H,34,35). The van der Waals surface area contributed by atoms with E-state index in [4.69, 9.17) is 16.3 Å². The van der Waals surface area contributed by atoms with Gasteiger partial charge in [-0.3, -0.25) is 10.1 Å². The molecule has 1 atom stereocenters. The van der Waals surface area contributed by atoms with Gasteiger partial charge in [0.15, 0.2) is 0 Å². The smallest absolute Gasteiger partial charge is 0.413 e. The Kier molecular flexibility index (Phi) is 6.48. The number of aliphatic carboxylic acids is 1. The molecule has 7 nitrogen and oxygen atoms in total. The van der Waals surface area contributed by atoms with Crippen LogP contribution in [-0.4, -0.2) is 26.9 Å². The van der Waals surface area contributed by atoms with Gasteiger partial charge >= 0.3 is 12.1 Å². The van der Waals surface area contributed by atoms with Crippen LogP contribution in [0.1, 0.15) is 42.6 Å². The van der Waals surface area contributed by atoms with Crippen molar-refractivity contribution in [2.24, 2.45) is 0 Å². The van der Waals surface area contributed by atoms with Crippen LogP contribution in [0.5, 0.6) is 0 Å². The van der Waals surface area contributed by atoms with E-state index in [0.29, 0.717) is 23.7 Å². The summed E-state index contributed by atoms with van der Waals surface area (Å²) in [6.45, 7) is 3.62. The molecule has 0 radical (unpaired) electrons. The van der Waals surface area contributed by atoms with Crippen LogP contribution in [0.25, 0.3) is 16.8 Å². The van der Waals surface area contributed by atoms with Crippen molar-refractivity contribution in [1.29, 1.82) is 0 Å². The minimum atomic E-state index is -0.759. The fourth-order valence-electron chi connectivity index (χ4n) is 4.46. The van der Waals surface area contributed by atoms with Crippen molar-refractivity contribution in [3.8, 4) is 16.8 Å². The summed E-state index contributed by atoms with van der Waals surface area (Å²) in [5.74, 6) is -0.248. The molecule has 5 rings (SSSR count). The van der Waals surface area contributed by atoms with E-state index in [0.717, 1.165) is 33.5 Å². The highest BCUT2D eigenvalue weighted by atomic mass is 35.5. The maximum atomic E-state index is 12.7. The zero-order valence-electron chi connectivity index (χ0n) is 20.4. The second-order valence-electron chi connectivity index (χ2n) is 9.29. The summed E-state index contributed by atoms with van der Waals surface area (Å²) < 4.78 is 7.20. The van der Waals surface area contributed by atoms with Gasteiger partial charge in [-0.05, 0) is 61.6 Å². The first-order valence-electron chi connectivity index (χ1n) is 12.0. The topological polar surface area (TPSA) is 93.5 Å². The number of halogens is 1. The van der Waals surface area contributed by atoms with Gasteiger partial charge in [0.05, 0.1) is 17.3 Å². The van der Waals surface area contributed by atoms with E-state index in [1.807, 2.05) is 73.7 Å². The lowest BCUT2D eigenvalue weighted by atomic mass is 9.94. The number of hydrogen-bond donors (Lipinski definition) is 2. The van der Waals surface area contributed by atoms with Crippen LogP contribution in [-0.2, 0) is 14.9 Å². The lowest BCUT2D eigenvalue weighted by Crippen LogP contribution is -2.19. The van der Waals surface area contributed by atoms with Crippen LogP contribution < -0.4 is 5.32 Å². The Hall–Kier alpha value is -4.10. The summed E-state index contributed by atoms with van der Waals surface area (Å²) in [5.41, 5.74) is 4.39. The fourth-order valence-corrected chi connectivity index (χ4v) is 4.75. The number of hydrogen-bond acceptors (Lipinski definition) is 4. The number of carbonyl (C=O) groups excluding carboxylic acids is 1. The predicted octanol–water partition coefficient (Wildman–Crippen LogP) is 6.93. The van der Waals surface area contributed by atoms with Gasteiger partial charge in [-0.1, -0.05) is 66.2 Å². The van der Waals surface area contributed by atoms with Crippen LogP contribution in [0.4, 0.5) is 10.6 Å². The number of carboxylic acids is 1. The molecule has 0 bridgehead atoms. The van der Waals surface area contributed by atoms with Crippen LogP contribution in [0.15, 0.2) is 79.0 Å². The number of aromatic nitrogens is 2. The third-order valence-electron chi connectivity index (χ3n) is 6.84. The van der Waals surface area contributed by atoms with Crippen LogP contribution in [0, 0.1) is 6.92 Å².